The minimum absolute atomic E-state index is 0.0204. The van der Waals surface area contributed by atoms with E-state index in [1.165, 1.54) is 32.1 Å². The van der Waals surface area contributed by atoms with E-state index in [1.807, 2.05) is 0 Å². The summed E-state index contributed by atoms with van der Waals surface area (Å²) in [5.41, 5.74) is 2.30. The van der Waals surface area contributed by atoms with Crippen molar-refractivity contribution in [3.8, 4) is 0 Å². The van der Waals surface area contributed by atoms with Gasteiger partial charge in [-0.05, 0) is 6.42 Å². The van der Waals surface area contributed by atoms with Crippen molar-refractivity contribution in [1.29, 1.82) is 0 Å². The van der Waals surface area contributed by atoms with Crippen molar-refractivity contribution in [2.24, 2.45) is 0 Å². The third-order valence-electron chi connectivity index (χ3n) is 2.16. The lowest BCUT2D eigenvalue weighted by molar-refractivity contribution is -0.126. The van der Waals surface area contributed by atoms with Crippen molar-refractivity contribution in [2.45, 2.75) is 58.3 Å². The molecule has 1 amide bonds. The van der Waals surface area contributed by atoms with Crippen LogP contribution in [0.5, 0.6) is 0 Å². The summed E-state index contributed by atoms with van der Waals surface area (Å²) in [6.07, 6.45) is 9.21. The predicted octanol–water partition coefficient (Wildman–Crippen LogP) is 3.52. The summed E-state index contributed by atoms with van der Waals surface area (Å²) in [6, 6.07) is 0. The average molecular weight is 313 g/mol. The molecule has 4 heteroatoms. The number of carbonyl (C=O) groups is 1. The Kier molecular flexibility index (Phi) is 11.4. The molecule has 3 nitrogen and oxygen atoms in total. The van der Waals surface area contributed by atoms with Crippen LogP contribution in [0.4, 0.5) is 0 Å². The molecule has 0 aliphatic heterocycles. The molecule has 0 atom stereocenters. The maximum atomic E-state index is 10.9. The smallest absolute Gasteiger partial charge is 0.244 e. The van der Waals surface area contributed by atoms with E-state index in [-0.39, 0.29) is 5.91 Å². The topological polar surface area (TPSA) is 38.3 Å². The molecule has 0 unspecified atom stereocenters. The Morgan fingerprint density at radius 2 is 1.71 bits per heavy atom. The van der Waals surface area contributed by atoms with Crippen LogP contribution in [0.2, 0.25) is 0 Å². The van der Waals surface area contributed by atoms with Crippen molar-refractivity contribution in [3.05, 3.63) is 0 Å². The van der Waals surface area contributed by atoms with E-state index >= 15 is 0 Å². The van der Waals surface area contributed by atoms with Gasteiger partial charge in [-0.2, -0.15) is 0 Å². The molecule has 0 saturated heterocycles. The Morgan fingerprint density at radius 3 is 2.29 bits per heavy atom. The first kappa shape index (κ1) is 14.2. The molecule has 84 valence electrons. The normalized spacial score (nSPS) is 10.1. The van der Waals surface area contributed by atoms with Crippen molar-refractivity contribution in [2.75, 3.05) is 0 Å². The molecule has 0 fully saturated rings. The van der Waals surface area contributed by atoms with Gasteiger partial charge in [-0.15, -0.1) is 0 Å². The van der Waals surface area contributed by atoms with Gasteiger partial charge >= 0.3 is 0 Å². The highest BCUT2D eigenvalue weighted by Crippen LogP contribution is 2.08. The summed E-state index contributed by atoms with van der Waals surface area (Å²) in [5, 5.41) is 0. The molecule has 0 rings (SSSR count). The minimum atomic E-state index is -0.0204. The van der Waals surface area contributed by atoms with Crippen LogP contribution in [-0.2, 0) is 7.96 Å². The van der Waals surface area contributed by atoms with Crippen LogP contribution in [0.3, 0.4) is 0 Å². The molecule has 0 aromatic carbocycles. The van der Waals surface area contributed by atoms with Crippen LogP contribution in [0, 0.1) is 0 Å². The van der Waals surface area contributed by atoms with Gasteiger partial charge in [-0.3, -0.25) is 4.79 Å². The lowest BCUT2D eigenvalue weighted by atomic mass is 10.1. The molecular weight excluding hydrogens is 293 g/mol. The van der Waals surface area contributed by atoms with Crippen LogP contribution >= 0.6 is 23.0 Å². The molecule has 0 saturated carbocycles. The first-order valence-corrected chi connectivity index (χ1v) is 6.25. The van der Waals surface area contributed by atoms with E-state index in [2.05, 4.69) is 15.6 Å². The van der Waals surface area contributed by atoms with Crippen molar-refractivity contribution in [3.63, 3.8) is 0 Å². The summed E-state index contributed by atoms with van der Waals surface area (Å²) in [4.78, 5) is 10.9. The van der Waals surface area contributed by atoms with E-state index in [1.54, 1.807) is 23.0 Å². The Labute approximate surface area is 101 Å². The molecule has 0 radical (unpaired) electrons. The fourth-order valence-electron chi connectivity index (χ4n) is 1.34. The minimum Gasteiger partial charge on any atom is -0.273 e. The van der Waals surface area contributed by atoms with Crippen LogP contribution in [0.15, 0.2) is 0 Å². The van der Waals surface area contributed by atoms with Gasteiger partial charge < -0.3 is 0 Å². The predicted molar refractivity (Wildman–Crippen MR) is 65.9 cm³/mol. The quantitative estimate of drug-likeness (QED) is 0.402. The van der Waals surface area contributed by atoms with Gasteiger partial charge in [0.2, 0.25) is 5.91 Å². The first-order chi connectivity index (χ1) is 6.81. The van der Waals surface area contributed by atoms with Crippen LogP contribution in [0.25, 0.3) is 0 Å². The second kappa shape index (κ2) is 11.2. The zero-order valence-corrected chi connectivity index (χ0v) is 11.0. The SMILES string of the molecule is CCCCCCCCCC(=O)NOI. The summed E-state index contributed by atoms with van der Waals surface area (Å²) in [7, 11) is 0. The maximum Gasteiger partial charge on any atom is 0.244 e. The highest BCUT2D eigenvalue weighted by molar-refractivity contribution is 14.1. The zero-order chi connectivity index (χ0) is 10.6. The number of nitrogens with one attached hydrogen (secondary N) is 1. The number of hydroxylamine groups is 1. The van der Waals surface area contributed by atoms with Gasteiger partial charge in [0, 0.05) is 6.42 Å². The summed E-state index contributed by atoms with van der Waals surface area (Å²) < 4.78 is 4.48. The summed E-state index contributed by atoms with van der Waals surface area (Å²) in [6.45, 7) is 2.22. The van der Waals surface area contributed by atoms with Crippen molar-refractivity contribution in [1.82, 2.24) is 5.48 Å². The van der Waals surface area contributed by atoms with Gasteiger partial charge in [0.15, 0.2) is 0 Å². The number of hydrogen-bond acceptors (Lipinski definition) is 2. The fourth-order valence-corrected chi connectivity index (χ4v) is 1.58. The molecule has 0 aromatic rings. The molecule has 0 bridgehead atoms. The molecule has 0 aliphatic rings. The number of hydrogen-bond donors (Lipinski definition) is 1. The standard InChI is InChI=1S/C10H20INO2/c1-2-3-4-5-6-7-8-9-10(13)12-14-11/h2-9H2,1H3,(H,12,13). The Balaban J connectivity index is 3.01. The Morgan fingerprint density at radius 1 is 1.14 bits per heavy atom. The highest BCUT2D eigenvalue weighted by Gasteiger charge is 1.99. The van der Waals surface area contributed by atoms with Gasteiger partial charge in [0.05, 0.1) is 0 Å². The Bertz CT molecular complexity index is 142. The van der Waals surface area contributed by atoms with E-state index in [0.717, 1.165) is 12.8 Å². The molecule has 0 aliphatic carbocycles. The van der Waals surface area contributed by atoms with Crippen LogP contribution in [-0.4, -0.2) is 5.91 Å². The van der Waals surface area contributed by atoms with Gasteiger partial charge in [-0.1, -0.05) is 45.4 Å². The van der Waals surface area contributed by atoms with Crippen LogP contribution in [0.1, 0.15) is 58.3 Å². The third-order valence-corrected chi connectivity index (χ3v) is 2.38. The van der Waals surface area contributed by atoms with E-state index < -0.39 is 0 Å². The number of rotatable bonds is 9. The van der Waals surface area contributed by atoms with Gasteiger partial charge in [-0.25, -0.2) is 8.65 Å². The van der Waals surface area contributed by atoms with Gasteiger partial charge in [0.1, 0.15) is 23.0 Å². The van der Waals surface area contributed by atoms with E-state index in [4.69, 9.17) is 0 Å². The highest BCUT2D eigenvalue weighted by atomic mass is 127. The van der Waals surface area contributed by atoms with Crippen LogP contribution < -0.4 is 5.48 Å². The van der Waals surface area contributed by atoms with E-state index in [0.29, 0.717) is 6.42 Å². The summed E-state index contributed by atoms with van der Waals surface area (Å²) in [5.74, 6) is -0.0204. The number of carbonyl (C=O) groups excluding carboxylic acids is 1. The second-order valence-electron chi connectivity index (χ2n) is 3.47. The first-order valence-electron chi connectivity index (χ1n) is 5.37. The van der Waals surface area contributed by atoms with Crippen molar-refractivity contribution < 1.29 is 7.96 Å². The fraction of sp³-hybridized carbons (Fsp3) is 0.900. The average Bonchev–Trinajstić information content (AvgIpc) is 2.17. The molecule has 14 heavy (non-hydrogen) atoms. The second-order valence-corrected chi connectivity index (χ2v) is 3.91. The largest absolute Gasteiger partial charge is 0.273 e. The molecule has 0 spiro atoms. The van der Waals surface area contributed by atoms with E-state index in [9.17, 15) is 4.79 Å². The molecule has 0 aromatic heterocycles. The van der Waals surface area contributed by atoms with Gasteiger partial charge in [0.25, 0.3) is 0 Å². The lowest BCUT2D eigenvalue weighted by Crippen LogP contribution is -2.18. The zero-order valence-electron chi connectivity index (χ0n) is 8.85. The summed E-state index contributed by atoms with van der Waals surface area (Å²) >= 11 is 1.65. The monoisotopic (exact) mass is 313 g/mol. The number of unbranched alkanes of at least 4 members (excludes halogenated alkanes) is 6. The Hall–Kier alpha value is 0.160. The molecule has 0 heterocycles. The number of halogens is 1. The third kappa shape index (κ3) is 10.2. The van der Waals surface area contributed by atoms with Crippen molar-refractivity contribution >= 4 is 28.9 Å². The number of amides is 1. The maximum absolute atomic E-state index is 10.9. The molecule has 1 N–H and O–H groups in total. The lowest BCUT2D eigenvalue weighted by Gasteiger charge is -2.01. The molecular formula is C10H20INO2.